The molecule has 0 saturated heterocycles. The Labute approximate surface area is 122 Å². The molecule has 1 rings (SSSR count). The minimum atomic E-state index is -0.861. The first-order valence-electron chi connectivity index (χ1n) is 7.98. The fourth-order valence-electron chi connectivity index (χ4n) is 3.03. The third-order valence-corrected chi connectivity index (χ3v) is 4.61. The molecule has 4 heteroatoms. The lowest BCUT2D eigenvalue weighted by molar-refractivity contribution is -0.142. The van der Waals surface area contributed by atoms with Gasteiger partial charge in [-0.2, -0.15) is 0 Å². The molecule has 1 aliphatic rings. The summed E-state index contributed by atoms with van der Waals surface area (Å²) in [6.07, 6.45) is 7.93. The number of carboxylic acid groups (broad SMARTS) is 1. The molecule has 4 nitrogen and oxygen atoms in total. The summed E-state index contributed by atoms with van der Waals surface area (Å²) in [7, 11) is 0. The van der Waals surface area contributed by atoms with Crippen LogP contribution in [0.3, 0.4) is 0 Å². The van der Waals surface area contributed by atoms with Gasteiger partial charge in [0.1, 0.15) is 0 Å². The van der Waals surface area contributed by atoms with E-state index in [1.807, 2.05) is 0 Å². The first-order valence-corrected chi connectivity index (χ1v) is 7.98. The Bertz CT molecular complexity index is 324. The average Bonchev–Trinajstić information content (AvgIpc) is 2.89. The van der Waals surface area contributed by atoms with Crippen LogP contribution in [0.15, 0.2) is 0 Å². The van der Waals surface area contributed by atoms with Crippen LogP contribution in [-0.4, -0.2) is 23.0 Å². The lowest BCUT2D eigenvalue weighted by Gasteiger charge is -2.24. The van der Waals surface area contributed by atoms with E-state index >= 15 is 0 Å². The summed E-state index contributed by atoms with van der Waals surface area (Å²) >= 11 is 0. The van der Waals surface area contributed by atoms with Gasteiger partial charge in [-0.05, 0) is 32.6 Å². The van der Waals surface area contributed by atoms with Crippen molar-refractivity contribution >= 4 is 11.9 Å². The maximum atomic E-state index is 12.4. The van der Waals surface area contributed by atoms with Crippen molar-refractivity contribution in [3.63, 3.8) is 0 Å². The summed E-state index contributed by atoms with van der Waals surface area (Å²) < 4.78 is 0. The summed E-state index contributed by atoms with van der Waals surface area (Å²) in [5.41, 5.74) is 0. The van der Waals surface area contributed by atoms with Crippen molar-refractivity contribution in [2.24, 2.45) is 17.8 Å². The van der Waals surface area contributed by atoms with Crippen molar-refractivity contribution < 1.29 is 14.7 Å². The predicted molar refractivity (Wildman–Crippen MR) is 79.4 cm³/mol. The predicted octanol–water partition coefficient (Wildman–Crippen LogP) is 3.21. The number of hydrogen-bond donors (Lipinski definition) is 2. The normalized spacial score (nSPS) is 20.4. The van der Waals surface area contributed by atoms with Gasteiger partial charge in [0.2, 0.25) is 5.91 Å². The Balaban J connectivity index is 2.52. The molecule has 0 spiro atoms. The number of nitrogens with one attached hydrogen (secondary N) is 1. The van der Waals surface area contributed by atoms with Crippen molar-refractivity contribution in [3.05, 3.63) is 0 Å². The number of carbonyl (C=O) groups is 2. The molecule has 3 unspecified atom stereocenters. The highest BCUT2D eigenvalue weighted by Gasteiger charge is 2.27. The van der Waals surface area contributed by atoms with Crippen LogP contribution in [0.25, 0.3) is 0 Å². The Morgan fingerprint density at radius 3 is 2.35 bits per heavy atom. The Morgan fingerprint density at radius 2 is 1.85 bits per heavy atom. The number of amides is 1. The number of aliphatic carboxylic acids is 1. The number of carboxylic acids is 1. The number of hydrogen-bond acceptors (Lipinski definition) is 2. The lowest BCUT2D eigenvalue weighted by Crippen LogP contribution is -2.43. The largest absolute Gasteiger partial charge is 0.481 e. The van der Waals surface area contributed by atoms with Crippen molar-refractivity contribution in [1.29, 1.82) is 0 Å². The molecule has 3 atom stereocenters. The summed E-state index contributed by atoms with van der Waals surface area (Å²) in [4.78, 5) is 23.3. The zero-order valence-electron chi connectivity index (χ0n) is 13.0. The number of rotatable bonds is 8. The van der Waals surface area contributed by atoms with Crippen LogP contribution in [0.5, 0.6) is 0 Å². The molecule has 1 fully saturated rings. The zero-order chi connectivity index (χ0) is 15.1. The van der Waals surface area contributed by atoms with Crippen molar-refractivity contribution in [2.45, 2.75) is 71.8 Å². The van der Waals surface area contributed by atoms with Gasteiger partial charge in [0.25, 0.3) is 0 Å². The first kappa shape index (κ1) is 17.0. The quantitative estimate of drug-likeness (QED) is 0.719. The smallest absolute Gasteiger partial charge is 0.308 e. The molecule has 1 amide bonds. The fraction of sp³-hybridized carbons (Fsp3) is 0.875. The summed E-state index contributed by atoms with van der Waals surface area (Å²) in [6.45, 7) is 5.51. The maximum Gasteiger partial charge on any atom is 0.308 e. The SMILES string of the molecule is CCCC(CC1CCCC1)C(=O)NC(C)C(C)C(=O)O. The molecule has 2 N–H and O–H groups in total. The van der Waals surface area contributed by atoms with E-state index in [0.717, 1.165) is 19.3 Å². The van der Waals surface area contributed by atoms with Crippen LogP contribution in [0, 0.1) is 17.8 Å². The van der Waals surface area contributed by atoms with E-state index in [1.54, 1.807) is 13.8 Å². The molecule has 0 aromatic carbocycles. The Morgan fingerprint density at radius 1 is 1.25 bits per heavy atom. The second-order valence-electron chi connectivity index (χ2n) is 6.30. The third kappa shape index (κ3) is 5.14. The number of carbonyl (C=O) groups excluding carboxylic acids is 1. The molecule has 0 aromatic heterocycles. The van der Waals surface area contributed by atoms with Crippen molar-refractivity contribution in [1.82, 2.24) is 5.32 Å². The second-order valence-corrected chi connectivity index (χ2v) is 6.30. The van der Waals surface area contributed by atoms with Gasteiger partial charge in [0.05, 0.1) is 5.92 Å². The van der Waals surface area contributed by atoms with Crippen molar-refractivity contribution in [3.8, 4) is 0 Å². The topological polar surface area (TPSA) is 66.4 Å². The Hall–Kier alpha value is -1.06. The summed E-state index contributed by atoms with van der Waals surface area (Å²) in [5, 5.41) is 11.9. The second kappa shape index (κ2) is 8.28. The highest BCUT2D eigenvalue weighted by molar-refractivity contribution is 5.80. The van der Waals surface area contributed by atoms with Crippen LogP contribution in [0.4, 0.5) is 0 Å². The minimum absolute atomic E-state index is 0.0411. The van der Waals surface area contributed by atoms with Gasteiger partial charge < -0.3 is 10.4 Å². The minimum Gasteiger partial charge on any atom is -0.481 e. The molecule has 0 aliphatic heterocycles. The van der Waals surface area contributed by atoms with Gasteiger partial charge in [-0.15, -0.1) is 0 Å². The standard InChI is InChI=1S/C16H29NO3/c1-4-7-14(10-13-8-5-6-9-13)15(18)17-12(3)11(2)16(19)20/h11-14H,4-10H2,1-3H3,(H,17,18)(H,19,20). The van der Waals surface area contributed by atoms with E-state index in [2.05, 4.69) is 12.2 Å². The highest BCUT2D eigenvalue weighted by atomic mass is 16.4. The molecular weight excluding hydrogens is 254 g/mol. The van der Waals surface area contributed by atoms with Crippen LogP contribution >= 0.6 is 0 Å². The van der Waals surface area contributed by atoms with Gasteiger partial charge in [0.15, 0.2) is 0 Å². The average molecular weight is 283 g/mol. The van der Waals surface area contributed by atoms with Crippen LogP contribution in [0.1, 0.15) is 65.7 Å². The molecule has 20 heavy (non-hydrogen) atoms. The molecule has 116 valence electrons. The van der Waals surface area contributed by atoms with Gasteiger partial charge in [-0.3, -0.25) is 9.59 Å². The monoisotopic (exact) mass is 283 g/mol. The van der Waals surface area contributed by atoms with E-state index < -0.39 is 11.9 Å². The van der Waals surface area contributed by atoms with Crippen LogP contribution in [-0.2, 0) is 9.59 Å². The van der Waals surface area contributed by atoms with E-state index in [0.29, 0.717) is 5.92 Å². The van der Waals surface area contributed by atoms with Crippen LogP contribution < -0.4 is 5.32 Å². The van der Waals surface area contributed by atoms with Crippen LogP contribution in [0.2, 0.25) is 0 Å². The van der Waals surface area contributed by atoms with Crippen molar-refractivity contribution in [2.75, 3.05) is 0 Å². The van der Waals surface area contributed by atoms with Gasteiger partial charge in [0, 0.05) is 12.0 Å². The van der Waals surface area contributed by atoms with E-state index in [1.165, 1.54) is 25.7 Å². The third-order valence-electron chi connectivity index (χ3n) is 4.61. The fourth-order valence-corrected chi connectivity index (χ4v) is 3.03. The van der Waals surface area contributed by atoms with E-state index in [9.17, 15) is 9.59 Å². The van der Waals surface area contributed by atoms with E-state index in [4.69, 9.17) is 5.11 Å². The summed E-state index contributed by atoms with van der Waals surface area (Å²) in [5.74, 6) is -0.635. The molecule has 0 radical (unpaired) electrons. The Kier molecular flexibility index (Phi) is 7.03. The molecule has 0 heterocycles. The van der Waals surface area contributed by atoms with E-state index in [-0.39, 0.29) is 17.9 Å². The zero-order valence-corrected chi connectivity index (χ0v) is 13.0. The maximum absolute atomic E-state index is 12.4. The molecule has 1 aliphatic carbocycles. The summed E-state index contributed by atoms with van der Waals surface area (Å²) in [6, 6.07) is -0.317. The van der Waals surface area contributed by atoms with Gasteiger partial charge >= 0.3 is 5.97 Å². The molecule has 0 bridgehead atoms. The lowest BCUT2D eigenvalue weighted by atomic mass is 9.89. The van der Waals surface area contributed by atoms with Gasteiger partial charge in [-0.25, -0.2) is 0 Å². The first-order chi connectivity index (χ1) is 9.45. The molecular formula is C16H29NO3. The molecule has 1 saturated carbocycles. The van der Waals surface area contributed by atoms with Gasteiger partial charge in [-0.1, -0.05) is 39.0 Å². The molecule has 0 aromatic rings. The highest BCUT2D eigenvalue weighted by Crippen LogP contribution is 2.31.